The van der Waals surface area contributed by atoms with Crippen LogP contribution < -0.4 is 9.64 Å². The maximum Gasteiger partial charge on any atom is 0.186 e. The molecule has 120 valence electrons. The second-order valence-electron chi connectivity index (χ2n) is 5.65. The molecule has 23 heavy (non-hydrogen) atoms. The van der Waals surface area contributed by atoms with Crippen molar-refractivity contribution in [1.29, 1.82) is 0 Å². The van der Waals surface area contributed by atoms with Gasteiger partial charge in [0.2, 0.25) is 0 Å². The van der Waals surface area contributed by atoms with Crippen molar-refractivity contribution < 1.29 is 9.84 Å². The highest BCUT2D eigenvalue weighted by molar-refractivity contribution is 7.22. The average molecular weight is 331 g/mol. The van der Waals surface area contributed by atoms with E-state index in [-0.39, 0.29) is 0 Å². The predicted molar refractivity (Wildman–Crippen MR) is 87.9 cm³/mol. The number of hydrogen-bond acceptors (Lipinski definition) is 7. The lowest BCUT2D eigenvalue weighted by atomic mass is 9.94. The Labute approximate surface area is 137 Å². The van der Waals surface area contributed by atoms with E-state index in [9.17, 15) is 5.11 Å². The van der Waals surface area contributed by atoms with Crippen molar-refractivity contribution in [2.45, 2.75) is 12.5 Å². The molecule has 3 heterocycles. The molecule has 1 aliphatic heterocycles. The zero-order chi connectivity index (χ0) is 16.0. The van der Waals surface area contributed by atoms with Gasteiger partial charge in [0.15, 0.2) is 16.6 Å². The van der Waals surface area contributed by atoms with E-state index in [4.69, 9.17) is 4.74 Å². The number of benzene rings is 1. The number of hydrogen-bond donors (Lipinski definition) is 1. The molecule has 0 aliphatic carbocycles. The predicted octanol–water partition coefficient (Wildman–Crippen LogP) is 1.53. The van der Waals surface area contributed by atoms with Gasteiger partial charge in [-0.2, -0.15) is 5.10 Å². The fraction of sp³-hybridized carbons (Fsp3) is 0.400. The fourth-order valence-corrected chi connectivity index (χ4v) is 3.86. The summed E-state index contributed by atoms with van der Waals surface area (Å²) in [7, 11) is 1.79. The summed E-state index contributed by atoms with van der Waals surface area (Å²) in [6, 6.07) is 5.91. The smallest absolute Gasteiger partial charge is 0.186 e. The normalized spacial score (nSPS) is 16.6. The first kappa shape index (κ1) is 14.4. The third-order valence-corrected chi connectivity index (χ3v) is 5.04. The molecule has 7 nitrogen and oxygen atoms in total. The van der Waals surface area contributed by atoms with Crippen LogP contribution >= 0.6 is 11.3 Å². The Morgan fingerprint density at radius 1 is 1.39 bits per heavy atom. The minimum absolute atomic E-state index is 0.470. The van der Waals surface area contributed by atoms with Crippen molar-refractivity contribution in [3.63, 3.8) is 0 Å². The van der Waals surface area contributed by atoms with Gasteiger partial charge in [-0.25, -0.2) is 9.97 Å². The Balaban J connectivity index is 1.56. The lowest BCUT2D eigenvalue weighted by molar-refractivity contribution is -0.00421. The van der Waals surface area contributed by atoms with Crippen LogP contribution in [0, 0.1) is 0 Å². The van der Waals surface area contributed by atoms with Crippen molar-refractivity contribution in [1.82, 2.24) is 19.7 Å². The molecule has 0 radical (unpaired) electrons. The molecule has 0 saturated carbocycles. The first-order valence-corrected chi connectivity index (χ1v) is 8.26. The minimum atomic E-state index is -0.959. The second-order valence-corrected chi connectivity index (χ2v) is 6.66. The van der Waals surface area contributed by atoms with Crippen LogP contribution in [0.25, 0.3) is 10.2 Å². The molecule has 3 aromatic rings. The van der Waals surface area contributed by atoms with Gasteiger partial charge in [-0.1, -0.05) is 11.3 Å². The number of rotatable bonds is 4. The minimum Gasteiger partial charge on any atom is -0.494 e. The monoisotopic (exact) mass is 331 g/mol. The number of thiazole rings is 1. The van der Waals surface area contributed by atoms with Crippen LogP contribution in [-0.4, -0.2) is 44.6 Å². The summed E-state index contributed by atoms with van der Waals surface area (Å²) in [5.74, 6) is 1.45. The molecule has 1 N–H and O–H groups in total. The lowest BCUT2D eigenvalue weighted by Crippen LogP contribution is -2.60. The molecule has 2 aromatic heterocycles. The summed E-state index contributed by atoms with van der Waals surface area (Å²) in [6.07, 6.45) is 1.46. The topological polar surface area (TPSA) is 76.3 Å². The van der Waals surface area contributed by atoms with Crippen LogP contribution in [0.5, 0.6) is 5.75 Å². The van der Waals surface area contributed by atoms with Crippen LogP contribution in [0.2, 0.25) is 0 Å². The zero-order valence-corrected chi connectivity index (χ0v) is 13.7. The molecule has 8 heteroatoms. The number of aryl methyl sites for hydroxylation is 1. The Morgan fingerprint density at radius 3 is 2.91 bits per heavy atom. The molecule has 0 bridgehead atoms. The molecule has 0 spiro atoms. The van der Waals surface area contributed by atoms with Gasteiger partial charge >= 0.3 is 0 Å². The zero-order valence-electron chi connectivity index (χ0n) is 12.9. The van der Waals surface area contributed by atoms with Crippen molar-refractivity contribution in [2.75, 3.05) is 24.6 Å². The van der Waals surface area contributed by atoms with Crippen LogP contribution in [0.4, 0.5) is 5.13 Å². The van der Waals surface area contributed by atoms with Crippen LogP contribution in [0.1, 0.15) is 12.7 Å². The first-order valence-electron chi connectivity index (χ1n) is 7.44. The van der Waals surface area contributed by atoms with Crippen molar-refractivity contribution in [3.05, 3.63) is 30.4 Å². The number of nitrogens with zero attached hydrogens (tertiary/aromatic N) is 5. The molecule has 0 amide bonds. The third-order valence-electron chi connectivity index (χ3n) is 3.96. The summed E-state index contributed by atoms with van der Waals surface area (Å²) in [6.45, 7) is 3.55. The second kappa shape index (κ2) is 5.17. The Kier molecular flexibility index (Phi) is 3.24. The molecule has 4 rings (SSSR count). The number of aliphatic hydroxyl groups is 1. The van der Waals surface area contributed by atoms with E-state index in [1.54, 1.807) is 23.1 Å². The van der Waals surface area contributed by atoms with Gasteiger partial charge in [-0.3, -0.25) is 4.68 Å². The molecular weight excluding hydrogens is 314 g/mol. The number of ether oxygens (including phenoxy) is 1. The highest BCUT2D eigenvalue weighted by Gasteiger charge is 2.47. The highest BCUT2D eigenvalue weighted by Crippen LogP contribution is 2.38. The standard InChI is InChI=1S/C15H17N5O2S/c1-3-22-10-4-5-11-12(6-10)23-14(18-11)20-7-15(21,8-20)13-16-9-17-19(13)2/h4-6,9,21H,3,7-8H2,1-2H3. The van der Waals surface area contributed by atoms with E-state index < -0.39 is 5.60 Å². The number of β-amino-alcohol motifs (C(OH)–C–C–N with tert-alkyl or cyclic N) is 1. The van der Waals surface area contributed by atoms with Gasteiger partial charge < -0.3 is 14.7 Å². The van der Waals surface area contributed by atoms with Gasteiger partial charge in [0.1, 0.15) is 12.1 Å². The average Bonchev–Trinajstić information content (AvgIpc) is 3.10. The Hall–Kier alpha value is -2.19. The van der Waals surface area contributed by atoms with Gasteiger partial charge in [0.05, 0.1) is 29.9 Å². The summed E-state index contributed by atoms with van der Waals surface area (Å²) >= 11 is 1.60. The largest absolute Gasteiger partial charge is 0.494 e. The van der Waals surface area contributed by atoms with Crippen LogP contribution in [0.3, 0.4) is 0 Å². The summed E-state index contributed by atoms with van der Waals surface area (Å²) in [5.41, 5.74) is -0.0119. The van der Waals surface area contributed by atoms with Crippen molar-refractivity contribution in [2.24, 2.45) is 7.05 Å². The molecule has 1 aromatic carbocycles. The molecule has 1 fully saturated rings. The molecule has 1 aliphatic rings. The van der Waals surface area contributed by atoms with E-state index >= 15 is 0 Å². The number of aromatic nitrogens is 4. The quantitative estimate of drug-likeness (QED) is 0.781. The third kappa shape index (κ3) is 2.34. The lowest BCUT2D eigenvalue weighted by Gasteiger charge is -2.45. The Morgan fingerprint density at radius 2 is 2.22 bits per heavy atom. The first-order chi connectivity index (χ1) is 11.1. The van der Waals surface area contributed by atoms with E-state index in [0.717, 1.165) is 21.1 Å². The molecular formula is C15H17N5O2S. The van der Waals surface area contributed by atoms with Crippen molar-refractivity contribution in [3.8, 4) is 5.75 Å². The SMILES string of the molecule is CCOc1ccc2nc(N3CC(O)(c4ncnn4C)C3)sc2c1. The van der Waals surface area contributed by atoms with Gasteiger partial charge in [-0.05, 0) is 25.1 Å². The van der Waals surface area contributed by atoms with Crippen molar-refractivity contribution >= 4 is 26.7 Å². The van der Waals surface area contributed by atoms with Crippen LogP contribution in [0.15, 0.2) is 24.5 Å². The highest BCUT2D eigenvalue weighted by atomic mass is 32.1. The van der Waals surface area contributed by atoms with Gasteiger partial charge in [0.25, 0.3) is 0 Å². The van der Waals surface area contributed by atoms with E-state index in [1.165, 1.54) is 6.33 Å². The van der Waals surface area contributed by atoms with E-state index in [1.807, 2.05) is 25.1 Å². The van der Waals surface area contributed by atoms with E-state index in [0.29, 0.717) is 25.5 Å². The van der Waals surface area contributed by atoms with Gasteiger partial charge in [0, 0.05) is 7.05 Å². The maximum absolute atomic E-state index is 10.7. The number of anilines is 1. The maximum atomic E-state index is 10.7. The summed E-state index contributed by atoms with van der Waals surface area (Å²) < 4.78 is 8.23. The van der Waals surface area contributed by atoms with E-state index in [2.05, 4.69) is 20.0 Å². The van der Waals surface area contributed by atoms with Crippen LogP contribution in [-0.2, 0) is 12.6 Å². The fourth-order valence-electron chi connectivity index (χ4n) is 2.86. The van der Waals surface area contributed by atoms with Gasteiger partial charge in [-0.15, -0.1) is 0 Å². The molecule has 0 atom stereocenters. The molecule has 1 saturated heterocycles. The Bertz CT molecular complexity index is 853. The summed E-state index contributed by atoms with van der Waals surface area (Å²) in [5, 5.41) is 15.6. The summed E-state index contributed by atoms with van der Waals surface area (Å²) in [4.78, 5) is 10.8. The molecule has 0 unspecified atom stereocenters. The number of fused-ring (bicyclic) bond motifs is 1.